The Morgan fingerprint density at radius 1 is 0.459 bits per heavy atom. The van der Waals surface area contributed by atoms with Crippen LogP contribution in [0.15, 0.2) is 47.9 Å². The summed E-state index contributed by atoms with van der Waals surface area (Å²) in [6.07, 6.45) is 8.29. The minimum absolute atomic E-state index is 0.00479. The molecule has 5 aliphatic heterocycles. The summed E-state index contributed by atoms with van der Waals surface area (Å²) in [5.41, 5.74) is -2.76. The third-order valence-electron chi connectivity index (χ3n) is 29.3. The first kappa shape index (κ1) is 136. The summed E-state index contributed by atoms with van der Waals surface area (Å²) >= 11 is -3.38. The number of benzene rings is 1. The number of aliphatic hydroxyl groups is 2. The number of hydrogen-bond acceptors (Lipinski definition) is 35. The second-order valence-corrected chi connectivity index (χ2v) is 53.6. The van der Waals surface area contributed by atoms with E-state index in [-0.39, 0.29) is 156 Å². The number of fused-ring (bicyclic) bond motifs is 1. The van der Waals surface area contributed by atoms with Crippen LogP contribution in [0.25, 0.3) is 0 Å². The van der Waals surface area contributed by atoms with Gasteiger partial charge in [-0.25, -0.2) is 9.97 Å². The normalized spacial score (nSPS) is 27.6. The van der Waals surface area contributed by atoms with E-state index in [1.54, 1.807) is 97.6 Å². The molecule has 32 atom stereocenters. The molecule has 146 heavy (non-hydrogen) atoms. The maximum absolute atomic E-state index is 12.9. The minimum Gasteiger partial charge on any atom is -0.396 e. The fraction of sp³-hybridized carbons (Fsp3) is 0.800. The number of ether oxygens (including phenoxy) is 11. The summed E-state index contributed by atoms with van der Waals surface area (Å²) < 4.78 is 83.5. The Bertz CT molecular complexity index is 4280. The average molecular weight is 2200 g/mol. The molecule has 1 aromatic carbocycles. The minimum atomic E-state index is -5.01. The van der Waals surface area contributed by atoms with Crippen molar-refractivity contribution in [3.63, 3.8) is 0 Å². The van der Waals surface area contributed by atoms with Crippen molar-refractivity contribution in [3.05, 3.63) is 51.9 Å². The van der Waals surface area contributed by atoms with Gasteiger partial charge in [-0.15, -0.1) is 0 Å². The molecule has 12 unspecified atom stereocenters. The number of methoxy groups -OCH3 is 4. The van der Waals surface area contributed by atoms with Gasteiger partial charge in [0.25, 0.3) is 0 Å². The molecule has 0 aliphatic carbocycles. The molecule has 4 fully saturated rings. The van der Waals surface area contributed by atoms with Crippen LogP contribution < -0.4 is 0 Å². The molecule has 4 saturated heterocycles. The Morgan fingerprint density at radius 2 is 0.760 bits per heavy atom. The number of alkyl halides is 1. The standard InChI is InChI=1S/C24H45NO5.C23H43NO6.C23H41NO6.C15H28O4.C13H21N3OS.C12H13IO6/c1-11-15(2)14-24(7,28-10)22(19(6)21(27)12-16(3)26)30-23-18(5)20(25(8)9)13-17(4)29-23;2*1-14(13-25)12-23(6,28-9)21(18(5)20(27)10-15(2)26)30-22-17(4)19(24(7)8)11-16(3)29-22;1-7-10(2)9-15(5,19-6)14(18)12(4)13(17)8-11(3)16;1-9-8-11(16(3)4)10(2)12(17-9)18-13-14-6-5-7-15-13;1-8(14)17-13(3,18-9(2)15)11-7-5-4-6-10(11)12(16)19-13/h15,17-20,22-23H,11-14H2,1-10H3;14,16-19,21-22,25H,10-13H2,1-9H3;13-14,16-19,21-22H,10-12H2,1-9H3;10,12,14,18H,7-9H2,1-6H3;5-7,9-12H,8H2,1-4H3;4-7H,1-3H3/t15-,17?,18?,19-,20?,22+,23-,24+;2*14-,16?,17?,18+,19?,21-,22+,23-;10-,12-,14+,15+;9?,10?,11?,12-;/m01100./s1. The van der Waals surface area contributed by atoms with E-state index in [0.717, 1.165) is 56.4 Å². The van der Waals surface area contributed by atoms with Gasteiger partial charge in [0.15, 0.2) is 24.0 Å². The quantitative estimate of drug-likeness (QED) is 0.0204. The molecule has 34 nitrogen and oxygen atoms in total. The molecule has 0 bridgehead atoms. The van der Waals surface area contributed by atoms with Crippen LogP contribution >= 0.6 is 30.1 Å². The summed E-state index contributed by atoms with van der Waals surface area (Å²) in [4.78, 5) is 161. The smallest absolute Gasteiger partial charge is 0.190 e. The third kappa shape index (κ3) is 41.2. The topological polar surface area (TPSA) is 413 Å². The van der Waals surface area contributed by atoms with E-state index in [4.69, 9.17) is 61.3 Å². The van der Waals surface area contributed by atoms with Gasteiger partial charge in [0.05, 0.1) is 96.9 Å². The van der Waals surface area contributed by atoms with Crippen LogP contribution in [-0.2, 0) is 114 Å². The van der Waals surface area contributed by atoms with Crippen molar-refractivity contribution < 1.29 is 129 Å². The summed E-state index contributed by atoms with van der Waals surface area (Å²) in [6.45, 7) is 51.7. The SMILES string of the molecule is CC(=O)OI1(C)(OC(C)=O)OC(=O)c2ccccc21.CC1CC(N(C)C)C(C)[C@H](Sc2ncccn2)O1.CC[C@H](C)C[C@@](C)(OC)[C@H](O)[C@@H](C)C(=O)CC(C)=O.CC[C@H](C)C[C@@](C)(OC)[C@H](O[C@@H]1OC(C)CC(N(C)C)C1C)[C@@H](C)C(=O)CC(C)=O.CO[C@](C)(C[C@@H](C)C=O)[C@H](O[C@@H]1OC(C)CC(N(C)C)C1C)[C@@H](C)C(=O)CC(C)=O.CO[C@](C)(C[C@@H](C)CO)[C@H](O[C@@H]1OC(C)CC(N(C)C)C1C)[C@@H](C)C(=O)CC(C)=O. The molecule has 0 saturated carbocycles. The Hall–Kier alpha value is -5.86. The Labute approximate surface area is 881 Å². The molecule has 0 amide bonds. The number of nitrogens with zero attached hydrogens (tertiary/aromatic N) is 6. The largest absolute Gasteiger partial charge is 0.396 e. The van der Waals surface area contributed by atoms with Crippen LogP contribution in [0.4, 0.5) is 0 Å². The number of thioether (sulfide) groups is 1. The number of aromatic nitrogens is 2. The van der Waals surface area contributed by atoms with E-state index >= 15 is 0 Å². The molecule has 842 valence electrons. The Kier molecular flexibility index (Phi) is 58.3. The van der Waals surface area contributed by atoms with Crippen molar-refractivity contribution in [3.8, 4) is 0 Å². The number of ketones is 8. The van der Waals surface area contributed by atoms with E-state index in [0.29, 0.717) is 52.7 Å². The maximum Gasteiger partial charge on any atom is 0.190 e. The van der Waals surface area contributed by atoms with Gasteiger partial charge in [0.2, 0.25) is 0 Å². The Morgan fingerprint density at radius 3 is 1.06 bits per heavy atom. The zero-order valence-corrected chi connectivity index (χ0v) is 99.3. The van der Waals surface area contributed by atoms with E-state index in [9.17, 15) is 67.7 Å². The van der Waals surface area contributed by atoms with Crippen molar-refractivity contribution in [1.82, 2.24) is 29.6 Å². The van der Waals surface area contributed by atoms with Crippen LogP contribution in [0.3, 0.4) is 0 Å². The number of hydrogen-bond donors (Lipinski definition) is 2. The number of rotatable bonds is 50. The van der Waals surface area contributed by atoms with Crippen molar-refractivity contribution >= 4 is 101 Å². The van der Waals surface area contributed by atoms with Crippen molar-refractivity contribution in [2.45, 2.75) is 409 Å². The Balaban J connectivity index is 0.000000600. The first-order valence-corrected chi connectivity index (χ1v) is 58.6. The monoisotopic (exact) mass is 2200 g/mol. The van der Waals surface area contributed by atoms with Crippen molar-refractivity contribution in [1.29, 1.82) is 0 Å². The van der Waals surface area contributed by atoms with E-state index in [1.165, 1.54) is 46.5 Å². The van der Waals surface area contributed by atoms with Gasteiger partial charge in [-0.1, -0.05) is 122 Å². The predicted octanol–water partition coefficient (Wildman–Crippen LogP) is 16.4. The summed E-state index contributed by atoms with van der Waals surface area (Å²) in [7, 11) is 23.0. The second kappa shape index (κ2) is 62.5. The summed E-state index contributed by atoms with van der Waals surface area (Å²) in [5, 5.41) is 20.8. The molecule has 36 heteroatoms. The van der Waals surface area contributed by atoms with Gasteiger partial charge in [0, 0.05) is 125 Å². The third-order valence-corrected chi connectivity index (χ3v) is 38.7. The van der Waals surface area contributed by atoms with Gasteiger partial charge < -0.3 is 86.7 Å². The number of carbonyl (C=O) groups is 12. The van der Waals surface area contributed by atoms with Crippen LogP contribution in [0.1, 0.15) is 294 Å². The fourth-order valence-electron chi connectivity index (χ4n) is 20.3. The number of carbonyl (C=O) groups excluding carboxylic acids is 12. The van der Waals surface area contributed by atoms with Crippen LogP contribution in [0.2, 0.25) is 0 Å². The average Bonchev–Trinajstić information content (AvgIpc) is 1.55. The van der Waals surface area contributed by atoms with Gasteiger partial charge in [0.1, 0.15) is 58.0 Å². The molecule has 2 aromatic rings. The number of halogens is 1. The summed E-state index contributed by atoms with van der Waals surface area (Å²) in [6, 6.07) is 9.71. The molecule has 2 N–H and O–H groups in total. The maximum atomic E-state index is 12.9. The predicted molar refractivity (Wildman–Crippen MR) is 573 cm³/mol. The van der Waals surface area contributed by atoms with E-state index < -0.39 is 126 Å². The van der Waals surface area contributed by atoms with Crippen LogP contribution in [0, 0.1) is 74.6 Å². The van der Waals surface area contributed by atoms with Crippen LogP contribution in [-0.4, -0.2) is 326 Å². The molecule has 6 heterocycles. The van der Waals surface area contributed by atoms with Gasteiger partial charge in [-0.05, 0) is 215 Å². The first-order chi connectivity index (χ1) is 67.6. The van der Waals surface area contributed by atoms with Crippen molar-refractivity contribution in [2.75, 3.05) is 96.4 Å². The van der Waals surface area contributed by atoms with E-state index in [1.807, 2.05) is 82.5 Å². The molecule has 0 radical (unpaired) electrons. The molecule has 1 aromatic heterocycles. The second-order valence-electron chi connectivity index (χ2n) is 43.9. The van der Waals surface area contributed by atoms with Gasteiger partial charge in [-0.3, -0.25) is 38.4 Å². The molecule has 5 aliphatic rings. The summed E-state index contributed by atoms with van der Waals surface area (Å²) in [5.74, 6) is -4.31. The number of aldehydes is 1. The zero-order valence-electron chi connectivity index (χ0n) is 96.4. The molecule has 7 rings (SSSR count). The first-order valence-electron chi connectivity index (χ1n) is 51.9. The van der Waals surface area contributed by atoms with Crippen molar-refractivity contribution in [2.24, 2.45) is 71.0 Å². The number of aliphatic hydroxyl groups excluding tert-OH is 2. The molecular formula is C110H191IN6O28S. The zero-order chi connectivity index (χ0) is 112. The fourth-order valence-corrected chi connectivity index (χ4v) is 29.1. The molecular weight excluding hydrogens is 2010 g/mol. The van der Waals surface area contributed by atoms with Crippen LogP contribution in [0.5, 0.6) is 0 Å². The van der Waals surface area contributed by atoms with Gasteiger partial charge in [-0.2, -0.15) is 0 Å². The van der Waals surface area contributed by atoms with E-state index in [2.05, 4.69) is 141 Å². The molecule has 0 spiro atoms. The number of Topliss-reactive ketones (excluding diaryl/α,β-unsaturated/α-hetero) is 8. The van der Waals surface area contributed by atoms with Gasteiger partial charge >= 0.3 is 112 Å².